The average molecular weight is 326 g/mol. The van der Waals surface area contributed by atoms with Crippen molar-refractivity contribution in [3.63, 3.8) is 0 Å². The molecule has 1 unspecified atom stereocenters. The Bertz CT molecular complexity index is 761. The van der Waals surface area contributed by atoms with Crippen LogP contribution in [0, 0.1) is 16.0 Å². The van der Waals surface area contributed by atoms with Crippen LogP contribution in [-0.2, 0) is 22.5 Å². The number of methoxy groups -OCH3 is 1. The number of ether oxygens (including phenoxy) is 1. The smallest absolute Gasteiger partial charge is 0.269 e. The highest BCUT2D eigenvalue weighted by Gasteiger charge is 2.33. The SMILES string of the molecule is COCC1Cc2cc([N+](=O)[O-])ccc2N(Cc2ccccc2)C1=O. The van der Waals surface area contributed by atoms with Gasteiger partial charge in [0.2, 0.25) is 5.91 Å². The predicted molar refractivity (Wildman–Crippen MR) is 89.8 cm³/mol. The lowest BCUT2D eigenvalue weighted by Gasteiger charge is -2.34. The topological polar surface area (TPSA) is 72.7 Å². The van der Waals surface area contributed by atoms with Gasteiger partial charge in [-0.1, -0.05) is 30.3 Å². The van der Waals surface area contributed by atoms with E-state index in [2.05, 4.69) is 0 Å². The van der Waals surface area contributed by atoms with Gasteiger partial charge in [-0.05, 0) is 23.6 Å². The second kappa shape index (κ2) is 6.80. The Balaban J connectivity index is 2.00. The van der Waals surface area contributed by atoms with E-state index in [0.717, 1.165) is 16.8 Å². The molecule has 0 saturated heterocycles. The number of non-ortho nitro benzene ring substituents is 1. The summed E-state index contributed by atoms with van der Waals surface area (Å²) in [5.74, 6) is -0.338. The summed E-state index contributed by atoms with van der Waals surface area (Å²) in [7, 11) is 1.55. The number of benzene rings is 2. The molecule has 0 N–H and O–H groups in total. The van der Waals surface area contributed by atoms with E-state index in [-0.39, 0.29) is 17.5 Å². The molecule has 0 aliphatic carbocycles. The number of fused-ring (bicyclic) bond motifs is 1. The van der Waals surface area contributed by atoms with Crippen molar-refractivity contribution in [3.05, 3.63) is 69.8 Å². The van der Waals surface area contributed by atoms with Crippen molar-refractivity contribution in [3.8, 4) is 0 Å². The third kappa shape index (κ3) is 3.14. The van der Waals surface area contributed by atoms with Gasteiger partial charge in [-0.15, -0.1) is 0 Å². The van der Waals surface area contributed by atoms with Gasteiger partial charge in [0.25, 0.3) is 5.69 Å². The molecule has 0 fully saturated rings. The fourth-order valence-electron chi connectivity index (χ4n) is 3.06. The summed E-state index contributed by atoms with van der Waals surface area (Å²) in [5, 5.41) is 11.0. The number of amides is 1. The molecule has 1 atom stereocenters. The predicted octanol–water partition coefficient (Wildman–Crippen LogP) is 2.95. The molecule has 6 heteroatoms. The highest BCUT2D eigenvalue weighted by atomic mass is 16.6. The molecule has 24 heavy (non-hydrogen) atoms. The first-order valence-corrected chi connectivity index (χ1v) is 7.71. The first-order valence-electron chi connectivity index (χ1n) is 7.71. The molecule has 1 amide bonds. The lowest BCUT2D eigenvalue weighted by molar-refractivity contribution is -0.384. The minimum atomic E-state index is -0.413. The van der Waals surface area contributed by atoms with E-state index in [0.29, 0.717) is 19.6 Å². The summed E-state index contributed by atoms with van der Waals surface area (Å²) < 4.78 is 5.16. The Morgan fingerprint density at radius 2 is 2.00 bits per heavy atom. The van der Waals surface area contributed by atoms with E-state index < -0.39 is 4.92 Å². The second-order valence-electron chi connectivity index (χ2n) is 5.84. The fourth-order valence-corrected chi connectivity index (χ4v) is 3.06. The van der Waals surface area contributed by atoms with Crippen LogP contribution < -0.4 is 4.90 Å². The number of nitro benzene ring substituents is 1. The third-order valence-electron chi connectivity index (χ3n) is 4.20. The van der Waals surface area contributed by atoms with E-state index >= 15 is 0 Å². The number of hydrogen-bond acceptors (Lipinski definition) is 4. The molecular weight excluding hydrogens is 308 g/mol. The van der Waals surface area contributed by atoms with Gasteiger partial charge in [0, 0.05) is 24.9 Å². The summed E-state index contributed by atoms with van der Waals surface area (Å²) in [5.41, 5.74) is 2.59. The molecule has 124 valence electrons. The lowest BCUT2D eigenvalue weighted by atomic mass is 9.91. The van der Waals surface area contributed by atoms with E-state index in [1.807, 2.05) is 30.3 Å². The summed E-state index contributed by atoms with van der Waals surface area (Å²) in [4.78, 5) is 25.1. The van der Waals surface area contributed by atoms with Gasteiger partial charge in [0.1, 0.15) is 0 Å². The van der Waals surface area contributed by atoms with Crippen molar-refractivity contribution in [1.29, 1.82) is 0 Å². The fraction of sp³-hybridized carbons (Fsp3) is 0.278. The summed E-state index contributed by atoms with van der Waals surface area (Å²) in [6.07, 6.45) is 0.453. The Morgan fingerprint density at radius 1 is 1.25 bits per heavy atom. The van der Waals surface area contributed by atoms with Crippen LogP contribution in [0.25, 0.3) is 0 Å². The minimum absolute atomic E-state index is 0.0120. The standard InChI is InChI=1S/C18H18N2O4/c1-24-12-15-9-14-10-16(20(22)23)7-8-17(14)19(18(15)21)11-13-5-3-2-4-6-13/h2-8,10,15H,9,11-12H2,1H3. The van der Waals surface area contributed by atoms with Crippen LogP contribution >= 0.6 is 0 Å². The van der Waals surface area contributed by atoms with Crippen LogP contribution in [-0.4, -0.2) is 24.5 Å². The molecule has 0 bridgehead atoms. The zero-order valence-electron chi connectivity index (χ0n) is 13.3. The van der Waals surface area contributed by atoms with Crippen molar-refractivity contribution < 1.29 is 14.5 Å². The zero-order valence-corrected chi connectivity index (χ0v) is 13.3. The Kier molecular flexibility index (Phi) is 4.57. The van der Waals surface area contributed by atoms with Gasteiger partial charge < -0.3 is 9.64 Å². The normalized spacial score (nSPS) is 16.8. The summed E-state index contributed by atoms with van der Waals surface area (Å²) >= 11 is 0. The Labute approximate surface area is 139 Å². The number of carbonyl (C=O) groups is 1. The number of nitrogens with zero attached hydrogens (tertiary/aromatic N) is 2. The van der Waals surface area contributed by atoms with E-state index in [4.69, 9.17) is 4.74 Å². The molecule has 0 radical (unpaired) electrons. The maximum Gasteiger partial charge on any atom is 0.269 e. The van der Waals surface area contributed by atoms with Crippen molar-refractivity contribution in [1.82, 2.24) is 0 Å². The van der Waals surface area contributed by atoms with Gasteiger partial charge in [-0.25, -0.2) is 0 Å². The van der Waals surface area contributed by atoms with Gasteiger partial charge >= 0.3 is 0 Å². The molecule has 0 spiro atoms. The molecule has 1 aliphatic rings. The van der Waals surface area contributed by atoms with E-state index in [1.165, 1.54) is 6.07 Å². The first kappa shape index (κ1) is 16.1. The van der Waals surface area contributed by atoms with Crippen LogP contribution in [0.3, 0.4) is 0 Å². The van der Waals surface area contributed by atoms with Crippen LogP contribution in [0.5, 0.6) is 0 Å². The van der Waals surface area contributed by atoms with Gasteiger partial charge in [-0.3, -0.25) is 14.9 Å². The van der Waals surface area contributed by atoms with Gasteiger partial charge in [0.15, 0.2) is 0 Å². The molecule has 0 aromatic heterocycles. The molecule has 1 heterocycles. The van der Waals surface area contributed by atoms with Gasteiger partial charge in [-0.2, -0.15) is 0 Å². The van der Waals surface area contributed by atoms with Crippen LogP contribution in [0.15, 0.2) is 48.5 Å². The zero-order chi connectivity index (χ0) is 17.1. The monoisotopic (exact) mass is 326 g/mol. The van der Waals surface area contributed by atoms with Crippen LogP contribution in [0.1, 0.15) is 11.1 Å². The van der Waals surface area contributed by atoms with Crippen molar-refractivity contribution in [2.75, 3.05) is 18.6 Å². The number of hydrogen-bond donors (Lipinski definition) is 0. The van der Waals surface area contributed by atoms with E-state index in [9.17, 15) is 14.9 Å². The third-order valence-corrected chi connectivity index (χ3v) is 4.20. The quantitative estimate of drug-likeness (QED) is 0.625. The number of rotatable bonds is 5. The molecule has 6 nitrogen and oxygen atoms in total. The number of anilines is 1. The summed E-state index contributed by atoms with van der Waals surface area (Å²) in [6, 6.07) is 14.4. The largest absolute Gasteiger partial charge is 0.384 e. The van der Waals surface area contributed by atoms with Crippen molar-refractivity contribution >= 4 is 17.3 Å². The minimum Gasteiger partial charge on any atom is -0.384 e. The van der Waals surface area contributed by atoms with Crippen molar-refractivity contribution in [2.24, 2.45) is 5.92 Å². The van der Waals surface area contributed by atoms with Crippen LogP contribution in [0.4, 0.5) is 11.4 Å². The summed E-state index contributed by atoms with van der Waals surface area (Å²) in [6.45, 7) is 0.733. The number of carbonyl (C=O) groups excluding carboxylic acids is 1. The van der Waals surface area contributed by atoms with Crippen LogP contribution in [0.2, 0.25) is 0 Å². The molecule has 2 aromatic rings. The Hall–Kier alpha value is -2.73. The maximum atomic E-state index is 12.8. The highest BCUT2D eigenvalue weighted by Crippen LogP contribution is 2.34. The maximum absolute atomic E-state index is 12.8. The van der Waals surface area contributed by atoms with Crippen molar-refractivity contribution in [2.45, 2.75) is 13.0 Å². The highest BCUT2D eigenvalue weighted by molar-refractivity contribution is 5.98. The van der Waals surface area contributed by atoms with Gasteiger partial charge in [0.05, 0.1) is 24.0 Å². The van der Waals surface area contributed by atoms with E-state index in [1.54, 1.807) is 24.1 Å². The first-order chi connectivity index (χ1) is 11.6. The molecule has 2 aromatic carbocycles. The molecular formula is C18H18N2O4. The molecule has 1 aliphatic heterocycles. The molecule has 0 saturated carbocycles. The second-order valence-corrected chi connectivity index (χ2v) is 5.84. The number of nitro groups is 1. The lowest BCUT2D eigenvalue weighted by Crippen LogP contribution is -2.42. The molecule has 3 rings (SSSR count). The average Bonchev–Trinajstić information content (AvgIpc) is 2.59. The Morgan fingerprint density at radius 3 is 2.67 bits per heavy atom.